The Morgan fingerprint density at radius 3 is 2.48 bits per heavy atom. The minimum absolute atomic E-state index is 0.0201. The molecule has 0 bridgehead atoms. The third-order valence-corrected chi connectivity index (χ3v) is 4.21. The fourth-order valence-electron chi connectivity index (χ4n) is 2.31. The normalized spacial score (nSPS) is 25.0. The lowest BCUT2D eigenvalue weighted by Crippen LogP contribution is -2.21. The molecule has 2 aliphatic rings. The van der Waals surface area contributed by atoms with E-state index in [0.717, 1.165) is 12.1 Å². The highest BCUT2D eigenvalue weighted by molar-refractivity contribution is 9.09. The Kier molecular flexibility index (Phi) is 3.39. The quantitative estimate of drug-likeness (QED) is 0.753. The van der Waals surface area contributed by atoms with Gasteiger partial charge in [-0.15, -0.1) is 0 Å². The first-order chi connectivity index (χ1) is 9.86. The average Bonchev–Trinajstić information content (AvgIpc) is 2.89. The third kappa shape index (κ3) is 2.62. The summed E-state index contributed by atoms with van der Waals surface area (Å²) in [6, 6.07) is 4.90. The van der Waals surface area contributed by atoms with Crippen LogP contribution in [0.25, 0.3) is 0 Å². The van der Waals surface area contributed by atoms with Gasteiger partial charge in [0.2, 0.25) is 0 Å². The second-order valence-electron chi connectivity index (χ2n) is 4.86. The molecule has 0 radical (unpaired) electrons. The maximum absolute atomic E-state index is 12.6. The Bertz CT molecular complexity index is 622. The van der Waals surface area contributed by atoms with Crippen molar-refractivity contribution in [1.29, 1.82) is 0 Å². The summed E-state index contributed by atoms with van der Waals surface area (Å²) < 4.78 is 43.4. The van der Waals surface area contributed by atoms with E-state index in [4.69, 9.17) is 10.5 Å². The highest BCUT2D eigenvalue weighted by Crippen LogP contribution is 2.38. The van der Waals surface area contributed by atoms with Crippen LogP contribution in [0.15, 0.2) is 47.5 Å². The summed E-state index contributed by atoms with van der Waals surface area (Å²) in [5.74, 6) is 0.694. The fraction of sp³-hybridized carbons (Fsp3) is 0.286. The Balaban J connectivity index is 1.81. The van der Waals surface area contributed by atoms with Crippen LogP contribution < -0.4 is 11.1 Å². The maximum Gasteiger partial charge on any atom is 0.416 e. The Hall–Kier alpha value is -1.63. The summed E-state index contributed by atoms with van der Waals surface area (Å²) in [6.45, 7) is 0. The summed E-state index contributed by atoms with van der Waals surface area (Å²) in [7, 11) is 0. The van der Waals surface area contributed by atoms with E-state index < -0.39 is 18.0 Å². The largest absolute Gasteiger partial charge is 0.467 e. The van der Waals surface area contributed by atoms with Gasteiger partial charge in [0, 0.05) is 5.56 Å². The number of halogens is 4. The van der Waals surface area contributed by atoms with E-state index >= 15 is 0 Å². The number of hydrogen-bond donors (Lipinski definition) is 2. The van der Waals surface area contributed by atoms with Crippen molar-refractivity contribution < 1.29 is 17.9 Å². The molecule has 2 unspecified atom stereocenters. The molecule has 0 saturated heterocycles. The molecule has 0 spiro atoms. The van der Waals surface area contributed by atoms with E-state index in [1.807, 2.05) is 6.08 Å². The van der Waals surface area contributed by atoms with Gasteiger partial charge in [0.1, 0.15) is 5.76 Å². The molecule has 7 heteroatoms. The van der Waals surface area contributed by atoms with Crippen LogP contribution in [0.2, 0.25) is 0 Å². The zero-order valence-electron chi connectivity index (χ0n) is 10.7. The molecule has 1 aromatic carbocycles. The van der Waals surface area contributed by atoms with E-state index in [9.17, 15) is 13.2 Å². The molecule has 21 heavy (non-hydrogen) atoms. The highest BCUT2D eigenvalue weighted by Gasteiger charge is 2.34. The number of ether oxygens (including phenoxy) is 1. The van der Waals surface area contributed by atoms with Crippen LogP contribution in [0.3, 0.4) is 0 Å². The molecule has 112 valence electrons. The number of nitrogens with one attached hydrogen (secondary N) is 1. The van der Waals surface area contributed by atoms with Crippen molar-refractivity contribution >= 4 is 15.9 Å². The zero-order valence-corrected chi connectivity index (χ0v) is 12.3. The highest BCUT2D eigenvalue weighted by atomic mass is 79.9. The van der Waals surface area contributed by atoms with Crippen LogP contribution in [0, 0.1) is 0 Å². The predicted molar refractivity (Wildman–Crippen MR) is 75.0 cm³/mol. The Morgan fingerprint density at radius 2 is 1.90 bits per heavy atom. The number of rotatable bonds is 1. The van der Waals surface area contributed by atoms with Crippen molar-refractivity contribution in [2.75, 3.05) is 0 Å². The van der Waals surface area contributed by atoms with E-state index in [2.05, 4.69) is 21.2 Å². The van der Waals surface area contributed by atoms with Crippen molar-refractivity contribution in [3.05, 3.63) is 58.6 Å². The molecule has 0 amide bonds. The van der Waals surface area contributed by atoms with Gasteiger partial charge in [0.25, 0.3) is 0 Å². The molecule has 0 aromatic heterocycles. The number of hydrogen-bond acceptors (Lipinski definition) is 3. The van der Waals surface area contributed by atoms with Crippen molar-refractivity contribution in [2.24, 2.45) is 5.73 Å². The van der Waals surface area contributed by atoms with Crippen LogP contribution in [-0.2, 0) is 10.9 Å². The first-order valence-electron chi connectivity index (χ1n) is 6.31. The van der Waals surface area contributed by atoms with Crippen LogP contribution in [0.1, 0.15) is 23.8 Å². The van der Waals surface area contributed by atoms with Gasteiger partial charge >= 0.3 is 6.18 Å². The van der Waals surface area contributed by atoms with Gasteiger partial charge in [-0.05, 0) is 18.6 Å². The maximum atomic E-state index is 12.6. The topological polar surface area (TPSA) is 47.3 Å². The number of alkyl halides is 4. The molecular weight excluding hydrogens is 349 g/mol. The molecule has 2 atom stereocenters. The van der Waals surface area contributed by atoms with Gasteiger partial charge in [-0.1, -0.05) is 34.1 Å². The van der Waals surface area contributed by atoms with Crippen LogP contribution in [0.4, 0.5) is 13.2 Å². The van der Waals surface area contributed by atoms with Gasteiger partial charge in [-0.25, -0.2) is 0 Å². The number of benzene rings is 1. The van der Waals surface area contributed by atoms with Gasteiger partial charge in [-0.2, -0.15) is 13.2 Å². The van der Waals surface area contributed by atoms with Crippen LogP contribution in [-0.4, -0.2) is 4.83 Å². The lowest BCUT2D eigenvalue weighted by molar-refractivity contribution is -0.137. The van der Waals surface area contributed by atoms with E-state index in [1.54, 1.807) is 0 Å². The second kappa shape index (κ2) is 4.98. The number of nitrogens with two attached hydrogens (primary N) is 1. The van der Waals surface area contributed by atoms with E-state index in [1.165, 1.54) is 12.1 Å². The van der Waals surface area contributed by atoms with Crippen molar-refractivity contribution in [2.45, 2.75) is 23.7 Å². The zero-order chi connectivity index (χ0) is 15.2. The Labute approximate surface area is 127 Å². The van der Waals surface area contributed by atoms with E-state index in [0.29, 0.717) is 29.1 Å². The standard InChI is InChI=1S/C14H12BrF3N2O/c15-9-5-6-10(19)11-12(9)21-13(20-11)7-1-3-8(4-2-7)14(16,17)18/h1-4,6,9,13,20H,5,19H2. The Morgan fingerprint density at radius 1 is 1.24 bits per heavy atom. The minimum atomic E-state index is -4.34. The van der Waals surface area contributed by atoms with Gasteiger partial charge in [0.15, 0.2) is 6.23 Å². The summed E-state index contributed by atoms with van der Waals surface area (Å²) in [4.78, 5) is 0.0201. The molecule has 1 aliphatic carbocycles. The lowest BCUT2D eigenvalue weighted by atomic mass is 10.1. The lowest BCUT2D eigenvalue weighted by Gasteiger charge is -2.16. The van der Waals surface area contributed by atoms with Gasteiger partial charge in [0.05, 0.1) is 21.8 Å². The van der Waals surface area contributed by atoms with Gasteiger partial charge < -0.3 is 15.8 Å². The minimum Gasteiger partial charge on any atom is -0.467 e. The van der Waals surface area contributed by atoms with Gasteiger partial charge in [-0.3, -0.25) is 0 Å². The molecule has 3 rings (SSSR count). The average molecular weight is 361 g/mol. The molecule has 3 N–H and O–H groups in total. The van der Waals surface area contributed by atoms with Crippen molar-refractivity contribution in [3.8, 4) is 0 Å². The molecular formula is C14H12BrF3N2O. The SMILES string of the molecule is NC1=CCC(Br)C2=C1NC(c1ccc(C(F)(F)F)cc1)O2. The van der Waals surface area contributed by atoms with E-state index in [-0.39, 0.29) is 4.83 Å². The number of allylic oxidation sites excluding steroid dienone is 2. The molecule has 1 aliphatic heterocycles. The molecule has 3 nitrogen and oxygen atoms in total. The van der Waals surface area contributed by atoms with Crippen molar-refractivity contribution in [1.82, 2.24) is 5.32 Å². The predicted octanol–water partition coefficient (Wildman–Crippen LogP) is 3.55. The molecule has 0 fully saturated rings. The first-order valence-corrected chi connectivity index (χ1v) is 7.22. The first kappa shape index (κ1) is 14.3. The summed E-state index contributed by atoms with van der Waals surface area (Å²) in [6.07, 6.45) is -2.27. The summed E-state index contributed by atoms with van der Waals surface area (Å²) in [5, 5.41) is 3.10. The van der Waals surface area contributed by atoms with Crippen LogP contribution in [0.5, 0.6) is 0 Å². The molecule has 0 saturated carbocycles. The monoisotopic (exact) mass is 360 g/mol. The fourth-order valence-corrected chi connectivity index (χ4v) is 2.84. The molecule has 1 heterocycles. The van der Waals surface area contributed by atoms with Crippen molar-refractivity contribution in [3.63, 3.8) is 0 Å². The third-order valence-electron chi connectivity index (χ3n) is 3.43. The summed E-state index contributed by atoms with van der Waals surface area (Å²) in [5.41, 5.74) is 7.12. The molecule has 1 aromatic rings. The summed E-state index contributed by atoms with van der Waals surface area (Å²) >= 11 is 3.49. The second-order valence-corrected chi connectivity index (χ2v) is 5.97. The van der Waals surface area contributed by atoms with Crippen LogP contribution >= 0.6 is 15.9 Å². The smallest absolute Gasteiger partial charge is 0.416 e.